The summed E-state index contributed by atoms with van der Waals surface area (Å²) in [6.45, 7) is 6.94. The number of carbonyl (C=O) groups excluding carboxylic acids is 1. The molecule has 0 saturated carbocycles. The van der Waals surface area contributed by atoms with Gasteiger partial charge >= 0.3 is 0 Å². The lowest BCUT2D eigenvalue weighted by atomic mass is 9.98. The average Bonchev–Trinajstić information content (AvgIpc) is 2.35. The first-order valence-electron chi connectivity index (χ1n) is 5.96. The van der Waals surface area contributed by atoms with Crippen LogP contribution in [0, 0.1) is 0 Å². The molecule has 0 aliphatic heterocycles. The van der Waals surface area contributed by atoms with E-state index in [0.29, 0.717) is 18.1 Å². The number of hydrogen-bond acceptors (Lipinski definition) is 2. The topological polar surface area (TPSA) is 26.3 Å². The Morgan fingerprint density at radius 2 is 2.12 bits per heavy atom. The predicted octanol–water partition coefficient (Wildman–Crippen LogP) is 4.02. The van der Waals surface area contributed by atoms with Gasteiger partial charge in [0.25, 0.3) is 0 Å². The molecule has 0 fully saturated rings. The molecule has 0 aromatic heterocycles. The molecule has 0 N–H and O–H groups in total. The molecule has 0 amide bonds. The highest BCUT2D eigenvalue weighted by atomic mass is 35.5. The van der Waals surface area contributed by atoms with E-state index < -0.39 is 0 Å². The van der Waals surface area contributed by atoms with Crippen molar-refractivity contribution in [3.8, 4) is 5.75 Å². The van der Waals surface area contributed by atoms with Gasteiger partial charge in [-0.3, -0.25) is 4.79 Å². The normalized spacial score (nSPS) is 10.6. The van der Waals surface area contributed by atoms with Crippen LogP contribution in [-0.2, 0) is 0 Å². The molecule has 0 bridgehead atoms. The number of alkyl halides is 1. The van der Waals surface area contributed by atoms with Crippen LogP contribution >= 0.6 is 11.6 Å². The fourth-order valence-corrected chi connectivity index (χ4v) is 1.75. The summed E-state index contributed by atoms with van der Waals surface area (Å²) in [5.41, 5.74) is 1.72. The monoisotopic (exact) mass is 254 g/mol. The molecule has 0 aliphatic rings. The summed E-state index contributed by atoms with van der Waals surface area (Å²) in [7, 11) is 0. The summed E-state index contributed by atoms with van der Waals surface area (Å²) < 4.78 is 5.67. The molecule has 0 heterocycles. The largest absolute Gasteiger partial charge is 0.493 e. The number of rotatable bonds is 6. The van der Waals surface area contributed by atoms with Crippen molar-refractivity contribution < 1.29 is 9.53 Å². The number of carbonyl (C=O) groups is 1. The van der Waals surface area contributed by atoms with E-state index in [1.54, 1.807) is 6.07 Å². The number of halogens is 1. The highest BCUT2D eigenvalue weighted by molar-refractivity contribution is 6.30. The van der Waals surface area contributed by atoms with Gasteiger partial charge in [-0.25, -0.2) is 0 Å². The molecule has 0 radical (unpaired) electrons. The van der Waals surface area contributed by atoms with Crippen LogP contribution in [0.2, 0.25) is 0 Å². The molecule has 1 aromatic rings. The van der Waals surface area contributed by atoms with Crippen molar-refractivity contribution in [1.29, 1.82) is 0 Å². The minimum atomic E-state index is -0.0457. The zero-order valence-corrected chi connectivity index (χ0v) is 11.4. The molecule has 3 heteroatoms. The van der Waals surface area contributed by atoms with Gasteiger partial charge in [0.15, 0.2) is 5.78 Å². The van der Waals surface area contributed by atoms with Gasteiger partial charge in [-0.2, -0.15) is 0 Å². The molecule has 0 spiro atoms. The van der Waals surface area contributed by atoms with Crippen molar-refractivity contribution in [1.82, 2.24) is 0 Å². The lowest BCUT2D eigenvalue weighted by Crippen LogP contribution is -2.05. The summed E-state index contributed by atoms with van der Waals surface area (Å²) in [5, 5.41) is 0. The van der Waals surface area contributed by atoms with Crippen LogP contribution in [0.1, 0.15) is 49.0 Å². The zero-order valence-electron chi connectivity index (χ0n) is 10.6. The van der Waals surface area contributed by atoms with Crippen LogP contribution in [0.5, 0.6) is 5.75 Å². The molecule has 2 nitrogen and oxygen atoms in total. The van der Waals surface area contributed by atoms with Gasteiger partial charge in [0.05, 0.1) is 12.5 Å². The number of benzene rings is 1. The van der Waals surface area contributed by atoms with Gasteiger partial charge in [-0.1, -0.05) is 20.8 Å². The summed E-state index contributed by atoms with van der Waals surface area (Å²) >= 11 is 5.56. The second-order valence-corrected chi connectivity index (χ2v) is 4.58. The number of hydrogen-bond donors (Lipinski definition) is 0. The third kappa shape index (κ3) is 3.74. The Labute approximate surface area is 108 Å². The van der Waals surface area contributed by atoms with Crippen molar-refractivity contribution in [2.75, 3.05) is 12.5 Å². The van der Waals surface area contributed by atoms with Crippen molar-refractivity contribution in [2.24, 2.45) is 0 Å². The highest BCUT2D eigenvalue weighted by Gasteiger charge is 2.12. The van der Waals surface area contributed by atoms with Crippen LogP contribution in [0.4, 0.5) is 0 Å². The van der Waals surface area contributed by atoms with E-state index in [0.717, 1.165) is 17.7 Å². The van der Waals surface area contributed by atoms with E-state index in [1.807, 2.05) is 12.1 Å². The van der Waals surface area contributed by atoms with Gasteiger partial charge in [0, 0.05) is 5.56 Å². The van der Waals surface area contributed by atoms with Crippen LogP contribution in [-0.4, -0.2) is 18.3 Å². The number of Topliss-reactive ketones (excluding diaryl/α,β-unsaturated/α-hetero) is 1. The minimum absolute atomic E-state index is 0.0205. The molecule has 1 rings (SSSR count). The predicted molar refractivity (Wildman–Crippen MR) is 71.4 cm³/mol. The van der Waals surface area contributed by atoms with Gasteiger partial charge in [0.1, 0.15) is 5.75 Å². The molecule has 0 aliphatic carbocycles. The Balaban J connectivity index is 3.03. The molecule has 0 atom stereocenters. The Morgan fingerprint density at radius 1 is 1.41 bits per heavy atom. The Hall–Kier alpha value is -1.02. The van der Waals surface area contributed by atoms with Crippen molar-refractivity contribution >= 4 is 17.4 Å². The van der Waals surface area contributed by atoms with E-state index in [-0.39, 0.29) is 11.7 Å². The third-order valence-electron chi connectivity index (χ3n) is 2.54. The molecule has 94 valence electrons. The molecular formula is C14H19ClO2. The molecule has 0 unspecified atom stereocenters. The first-order chi connectivity index (χ1) is 8.10. The third-order valence-corrected chi connectivity index (χ3v) is 2.78. The summed E-state index contributed by atoms with van der Waals surface area (Å²) in [5.74, 6) is 1.17. The SMILES string of the molecule is CCCOc1ccc(C(=O)CCl)cc1C(C)C. The highest BCUT2D eigenvalue weighted by Crippen LogP contribution is 2.28. The van der Waals surface area contributed by atoms with E-state index in [2.05, 4.69) is 20.8 Å². The van der Waals surface area contributed by atoms with E-state index in [9.17, 15) is 4.79 Å². The zero-order chi connectivity index (χ0) is 12.8. The fraction of sp³-hybridized carbons (Fsp3) is 0.500. The van der Waals surface area contributed by atoms with Crippen LogP contribution in [0.15, 0.2) is 18.2 Å². The Kier molecular flexibility index (Phi) is 5.49. The molecule has 1 aromatic carbocycles. The quantitative estimate of drug-likeness (QED) is 0.566. The van der Waals surface area contributed by atoms with E-state index in [4.69, 9.17) is 16.3 Å². The van der Waals surface area contributed by atoms with Crippen LogP contribution in [0.25, 0.3) is 0 Å². The standard InChI is InChI=1S/C14H19ClO2/c1-4-7-17-14-6-5-11(13(16)9-15)8-12(14)10(2)3/h5-6,8,10H,4,7,9H2,1-3H3. The second-order valence-electron chi connectivity index (χ2n) is 4.31. The summed E-state index contributed by atoms with van der Waals surface area (Å²) in [6.07, 6.45) is 0.972. The Morgan fingerprint density at radius 3 is 2.65 bits per heavy atom. The van der Waals surface area contributed by atoms with Crippen LogP contribution in [0.3, 0.4) is 0 Å². The van der Waals surface area contributed by atoms with E-state index in [1.165, 1.54) is 0 Å². The van der Waals surface area contributed by atoms with Crippen molar-refractivity contribution in [3.05, 3.63) is 29.3 Å². The minimum Gasteiger partial charge on any atom is -0.493 e. The maximum Gasteiger partial charge on any atom is 0.177 e. The smallest absolute Gasteiger partial charge is 0.177 e. The maximum atomic E-state index is 11.5. The molecule has 17 heavy (non-hydrogen) atoms. The van der Waals surface area contributed by atoms with Gasteiger partial charge in [0.2, 0.25) is 0 Å². The van der Waals surface area contributed by atoms with Gasteiger partial charge < -0.3 is 4.74 Å². The lowest BCUT2D eigenvalue weighted by molar-refractivity contribution is 0.102. The number of ketones is 1. The maximum absolute atomic E-state index is 11.5. The van der Waals surface area contributed by atoms with Crippen molar-refractivity contribution in [3.63, 3.8) is 0 Å². The molecule has 0 saturated heterocycles. The van der Waals surface area contributed by atoms with Crippen LogP contribution < -0.4 is 4.74 Å². The lowest BCUT2D eigenvalue weighted by Gasteiger charge is -2.14. The van der Waals surface area contributed by atoms with E-state index >= 15 is 0 Å². The number of ether oxygens (including phenoxy) is 1. The molecular weight excluding hydrogens is 236 g/mol. The first kappa shape index (κ1) is 14.0. The van der Waals surface area contributed by atoms with Gasteiger partial charge in [-0.05, 0) is 36.1 Å². The first-order valence-corrected chi connectivity index (χ1v) is 6.49. The van der Waals surface area contributed by atoms with Gasteiger partial charge in [-0.15, -0.1) is 11.6 Å². The average molecular weight is 255 g/mol. The second kappa shape index (κ2) is 6.65. The Bertz CT molecular complexity index is 386. The van der Waals surface area contributed by atoms with Crippen molar-refractivity contribution in [2.45, 2.75) is 33.1 Å². The summed E-state index contributed by atoms with van der Waals surface area (Å²) in [4.78, 5) is 11.5. The summed E-state index contributed by atoms with van der Waals surface area (Å²) in [6, 6.07) is 5.53. The fourth-order valence-electron chi connectivity index (χ4n) is 1.59.